The summed E-state index contributed by atoms with van der Waals surface area (Å²) in [6.07, 6.45) is 4.16. The number of fused-ring (bicyclic) bond motifs is 5. The molecule has 1 aromatic rings. The van der Waals surface area contributed by atoms with Gasteiger partial charge in [-0.15, -0.1) is 0 Å². The van der Waals surface area contributed by atoms with E-state index in [1.165, 1.54) is 29.2 Å². The van der Waals surface area contributed by atoms with Gasteiger partial charge in [-0.05, 0) is 25.0 Å². The fourth-order valence-electron chi connectivity index (χ4n) is 3.94. The number of ether oxygens (including phenoxy) is 2. The van der Waals surface area contributed by atoms with Crippen LogP contribution in [-0.2, 0) is 19.1 Å². The van der Waals surface area contributed by atoms with Gasteiger partial charge in [0, 0.05) is 25.1 Å². The lowest BCUT2D eigenvalue weighted by Gasteiger charge is -2.17. The van der Waals surface area contributed by atoms with Gasteiger partial charge in [0.25, 0.3) is 5.69 Å². The molecule has 4 rings (SSSR count). The molecule has 2 fully saturated rings. The molecule has 0 radical (unpaired) electrons. The Balaban J connectivity index is 1.22. The second-order valence-corrected chi connectivity index (χ2v) is 7.01. The van der Waals surface area contributed by atoms with Crippen molar-refractivity contribution < 1.29 is 28.8 Å². The normalized spacial score (nSPS) is 27.4. The second kappa shape index (κ2) is 7.16. The third-order valence-electron chi connectivity index (χ3n) is 5.29. The van der Waals surface area contributed by atoms with Crippen molar-refractivity contribution in [1.29, 1.82) is 0 Å². The molecule has 0 N–H and O–H groups in total. The third kappa shape index (κ3) is 3.18. The van der Waals surface area contributed by atoms with Crippen molar-refractivity contribution in [2.24, 2.45) is 11.8 Å². The molecule has 1 aromatic carbocycles. The Morgan fingerprint density at radius 2 is 1.68 bits per heavy atom. The highest BCUT2D eigenvalue weighted by Crippen LogP contribution is 2.45. The average molecular weight is 386 g/mol. The highest BCUT2D eigenvalue weighted by atomic mass is 16.6. The summed E-state index contributed by atoms with van der Waals surface area (Å²) in [6, 6.07) is 5.24. The Hall–Kier alpha value is -3.07. The van der Waals surface area contributed by atoms with Crippen molar-refractivity contribution in [3.05, 3.63) is 46.5 Å². The molecular formula is C19H18N2O7. The van der Waals surface area contributed by atoms with E-state index in [9.17, 15) is 24.5 Å². The van der Waals surface area contributed by atoms with Crippen LogP contribution >= 0.6 is 0 Å². The lowest BCUT2D eigenvalue weighted by atomic mass is 9.85. The summed E-state index contributed by atoms with van der Waals surface area (Å²) in [4.78, 5) is 48.2. The number of amides is 2. The fourth-order valence-corrected chi connectivity index (χ4v) is 3.94. The summed E-state index contributed by atoms with van der Waals surface area (Å²) in [6.45, 7) is 0.273. The zero-order valence-electron chi connectivity index (χ0n) is 14.9. The molecule has 3 aliphatic rings. The lowest BCUT2D eigenvalue weighted by Crippen LogP contribution is -2.35. The molecule has 0 spiro atoms. The second-order valence-electron chi connectivity index (χ2n) is 7.01. The van der Waals surface area contributed by atoms with Gasteiger partial charge in [-0.1, -0.05) is 12.2 Å². The molecule has 9 heteroatoms. The highest BCUT2D eigenvalue weighted by Gasteiger charge is 2.60. The topological polar surface area (TPSA) is 116 Å². The van der Waals surface area contributed by atoms with Crippen LogP contribution in [0.3, 0.4) is 0 Å². The number of nitro groups is 1. The van der Waals surface area contributed by atoms with E-state index in [0.29, 0.717) is 12.8 Å². The molecular weight excluding hydrogens is 368 g/mol. The van der Waals surface area contributed by atoms with Crippen LogP contribution < -0.4 is 4.74 Å². The first-order valence-electron chi connectivity index (χ1n) is 9.10. The van der Waals surface area contributed by atoms with Gasteiger partial charge in [-0.2, -0.15) is 0 Å². The molecule has 146 valence electrons. The Bertz CT molecular complexity index is 834. The minimum absolute atomic E-state index is 0.0847. The van der Waals surface area contributed by atoms with Gasteiger partial charge in [-0.25, -0.2) is 0 Å². The Kier molecular flexibility index (Phi) is 4.68. The van der Waals surface area contributed by atoms with Gasteiger partial charge < -0.3 is 9.47 Å². The number of carbonyl (C=O) groups is 3. The highest BCUT2D eigenvalue weighted by molar-refractivity contribution is 6.06. The van der Waals surface area contributed by atoms with Crippen molar-refractivity contribution in [2.75, 3.05) is 6.54 Å². The number of nitro benzene ring substituents is 1. The quantitative estimate of drug-likeness (QED) is 0.133. The predicted molar refractivity (Wildman–Crippen MR) is 94.1 cm³/mol. The van der Waals surface area contributed by atoms with Crippen LogP contribution in [0, 0.1) is 22.0 Å². The van der Waals surface area contributed by atoms with Gasteiger partial charge in [0.2, 0.25) is 11.8 Å². The van der Waals surface area contributed by atoms with Crippen LogP contribution in [0.1, 0.15) is 19.3 Å². The molecule has 4 atom stereocenters. The van der Waals surface area contributed by atoms with Crippen LogP contribution in [0.5, 0.6) is 5.75 Å². The largest absolute Gasteiger partial charge is 0.427 e. The molecule has 2 bridgehead atoms. The van der Waals surface area contributed by atoms with Crippen LogP contribution in [0.2, 0.25) is 0 Å². The van der Waals surface area contributed by atoms with E-state index in [4.69, 9.17) is 9.47 Å². The summed E-state index contributed by atoms with van der Waals surface area (Å²) in [5.74, 6) is -1.44. The number of likely N-dealkylation sites (tertiary alicyclic amines) is 1. The monoisotopic (exact) mass is 386 g/mol. The molecule has 2 saturated heterocycles. The van der Waals surface area contributed by atoms with E-state index < -0.39 is 22.7 Å². The molecule has 0 aromatic heterocycles. The maximum atomic E-state index is 12.5. The molecule has 28 heavy (non-hydrogen) atoms. The van der Waals surface area contributed by atoms with E-state index in [-0.39, 0.29) is 48.4 Å². The van der Waals surface area contributed by atoms with E-state index in [0.717, 1.165) is 0 Å². The number of nitrogens with zero attached hydrogens (tertiary/aromatic N) is 2. The zero-order chi connectivity index (χ0) is 19.8. The predicted octanol–water partition coefficient (Wildman–Crippen LogP) is 1.61. The number of hydrogen-bond acceptors (Lipinski definition) is 7. The van der Waals surface area contributed by atoms with Gasteiger partial charge in [0.15, 0.2) is 0 Å². The number of benzene rings is 1. The van der Waals surface area contributed by atoms with Crippen molar-refractivity contribution in [3.63, 3.8) is 0 Å². The zero-order valence-corrected chi connectivity index (χ0v) is 14.9. The van der Waals surface area contributed by atoms with Crippen molar-refractivity contribution in [1.82, 2.24) is 4.90 Å². The SMILES string of the molecule is O=C(CCCCN1C(=O)C2C3C=CC(O3)C2C1=O)Oc1ccc([N+](=O)[O-])cc1. The van der Waals surface area contributed by atoms with E-state index >= 15 is 0 Å². The van der Waals surface area contributed by atoms with Gasteiger partial charge in [0.05, 0.1) is 29.0 Å². The molecule has 4 unspecified atom stereocenters. The number of hydrogen-bond donors (Lipinski definition) is 0. The summed E-state index contributed by atoms with van der Waals surface area (Å²) in [5, 5.41) is 10.6. The first kappa shape index (κ1) is 18.3. The van der Waals surface area contributed by atoms with Crippen molar-refractivity contribution in [3.8, 4) is 5.75 Å². The summed E-state index contributed by atoms with van der Waals surface area (Å²) in [7, 11) is 0. The van der Waals surface area contributed by atoms with E-state index in [2.05, 4.69) is 0 Å². The minimum atomic E-state index is -0.533. The first-order valence-corrected chi connectivity index (χ1v) is 9.10. The lowest BCUT2D eigenvalue weighted by molar-refractivity contribution is -0.384. The maximum Gasteiger partial charge on any atom is 0.311 e. The third-order valence-corrected chi connectivity index (χ3v) is 5.29. The fraction of sp³-hybridized carbons (Fsp3) is 0.421. The minimum Gasteiger partial charge on any atom is -0.427 e. The molecule has 3 heterocycles. The Morgan fingerprint density at radius 3 is 2.25 bits per heavy atom. The summed E-state index contributed by atoms with van der Waals surface area (Å²) < 4.78 is 10.7. The molecule has 0 saturated carbocycles. The molecule has 0 aliphatic carbocycles. The van der Waals surface area contributed by atoms with Crippen LogP contribution in [-0.4, -0.2) is 46.4 Å². The van der Waals surface area contributed by atoms with Crippen molar-refractivity contribution in [2.45, 2.75) is 31.5 Å². The summed E-state index contributed by atoms with van der Waals surface area (Å²) >= 11 is 0. The number of rotatable bonds is 7. The van der Waals surface area contributed by atoms with Crippen LogP contribution in [0.15, 0.2) is 36.4 Å². The van der Waals surface area contributed by atoms with Gasteiger partial charge in [0.1, 0.15) is 5.75 Å². The Morgan fingerprint density at radius 1 is 1.07 bits per heavy atom. The molecule has 3 aliphatic heterocycles. The first-order chi connectivity index (χ1) is 13.5. The standard InChI is InChI=1S/C19H18N2O7/c22-15(27-12-6-4-11(5-7-12)21(25)26)3-1-2-10-20-18(23)16-13-8-9-14(28-13)17(16)19(20)24/h4-9,13-14,16-17H,1-3,10H2. The van der Waals surface area contributed by atoms with Crippen molar-refractivity contribution >= 4 is 23.5 Å². The van der Waals surface area contributed by atoms with E-state index in [1.807, 2.05) is 12.2 Å². The Labute approximate surface area is 160 Å². The maximum absolute atomic E-state index is 12.5. The number of non-ortho nitro benzene ring substituents is 1. The molecule has 2 amide bonds. The van der Waals surface area contributed by atoms with Crippen LogP contribution in [0.25, 0.3) is 0 Å². The average Bonchev–Trinajstić information content (AvgIpc) is 3.34. The molecule has 9 nitrogen and oxygen atoms in total. The van der Waals surface area contributed by atoms with Gasteiger partial charge >= 0.3 is 5.97 Å². The number of unbranched alkanes of at least 4 members (excludes halogenated alkanes) is 1. The van der Waals surface area contributed by atoms with Gasteiger partial charge in [-0.3, -0.25) is 29.4 Å². The van der Waals surface area contributed by atoms with Crippen LogP contribution in [0.4, 0.5) is 5.69 Å². The number of esters is 1. The smallest absolute Gasteiger partial charge is 0.311 e. The number of imide groups is 1. The van der Waals surface area contributed by atoms with E-state index in [1.54, 1.807) is 0 Å². The summed E-state index contributed by atoms with van der Waals surface area (Å²) in [5.41, 5.74) is -0.0847. The number of carbonyl (C=O) groups excluding carboxylic acids is 3.